The lowest BCUT2D eigenvalue weighted by molar-refractivity contribution is 0.468. The Kier molecular flexibility index (Phi) is 5.66. The Morgan fingerprint density at radius 2 is 1.31 bits per heavy atom. The van der Waals surface area contributed by atoms with Gasteiger partial charge in [0.15, 0.2) is 0 Å². The van der Waals surface area contributed by atoms with Crippen LogP contribution in [0.4, 0.5) is 0 Å². The van der Waals surface area contributed by atoms with Gasteiger partial charge in [0.1, 0.15) is 11.5 Å². The number of nitrogens with zero attached hydrogens (tertiary/aromatic N) is 1. The van der Waals surface area contributed by atoms with Crippen molar-refractivity contribution in [2.45, 2.75) is 0 Å². The van der Waals surface area contributed by atoms with E-state index in [1.165, 1.54) is 0 Å². The maximum absolute atomic E-state index is 13.6. The largest absolute Gasteiger partial charge is 0.456 e. The van der Waals surface area contributed by atoms with Gasteiger partial charge < -0.3 is 4.74 Å². The molecule has 144 valence electrons. The molecule has 0 amide bonds. The van der Waals surface area contributed by atoms with Crippen LogP contribution in [0, 0.1) is 0 Å². The molecule has 0 unspecified atom stereocenters. The van der Waals surface area contributed by atoms with Crippen molar-refractivity contribution in [2.24, 2.45) is 5.10 Å². The second-order valence-electron chi connectivity index (χ2n) is 6.41. The van der Waals surface area contributed by atoms with Gasteiger partial charge in [0.25, 0.3) is 0 Å². The Balaban J connectivity index is 1.68. The zero-order valence-corrected chi connectivity index (χ0v) is 17.1. The van der Waals surface area contributed by atoms with E-state index in [4.69, 9.17) is 16.3 Å². The highest BCUT2D eigenvalue weighted by atomic mass is 35.5. The maximum Gasteiger partial charge on any atom is 0.235 e. The number of ether oxygens (including phenoxy) is 1. The monoisotopic (exact) mass is 420 g/mol. The molecule has 3 aromatic rings. The van der Waals surface area contributed by atoms with E-state index >= 15 is 0 Å². The molecule has 0 radical (unpaired) electrons. The molecule has 0 spiro atoms. The Morgan fingerprint density at radius 3 is 1.86 bits per heavy atom. The molecule has 29 heavy (non-hydrogen) atoms. The fourth-order valence-electron chi connectivity index (χ4n) is 2.85. The van der Waals surface area contributed by atoms with Gasteiger partial charge in [-0.1, -0.05) is 90.5 Å². The van der Waals surface area contributed by atoms with Crippen molar-refractivity contribution in [2.75, 3.05) is 0 Å². The van der Waals surface area contributed by atoms with Crippen LogP contribution >= 0.6 is 18.9 Å². The van der Waals surface area contributed by atoms with E-state index in [0.29, 0.717) is 16.5 Å². The molecule has 4 rings (SSSR count). The number of rotatable bonds is 5. The van der Waals surface area contributed by atoms with Crippen LogP contribution in [0.3, 0.4) is 0 Å². The van der Waals surface area contributed by atoms with Gasteiger partial charge >= 0.3 is 0 Å². The first-order valence-corrected chi connectivity index (χ1v) is 11.2. The van der Waals surface area contributed by atoms with Crippen molar-refractivity contribution in [3.05, 3.63) is 118 Å². The van der Waals surface area contributed by atoms with E-state index in [9.17, 15) is 4.57 Å². The van der Waals surface area contributed by atoms with Gasteiger partial charge in [0, 0.05) is 33.3 Å². The number of hydrogen-bond donors (Lipinski definition) is 1. The molecule has 0 bridgehead atoms. The molecule has 1 heterocycles. The van der Waals surface area contributed by atoms with Crippen LogP contribution in [0.15, 0.2) is 102 Å². The molecule has 0 saturated heterocycles. The molecule has 0 aromatic heterocycles. The lowest BCUT2D eigenvalue weighted by Gasteiger charge is -2.22. The van der Waals surface area contributed by atoms with E-state index in [1.807, 2.05) is 78.9 Å². The fraction of sp³-hybridized carbons (Fsp3) is 0. The first-order valence-electron chi connectivity index (χ1n) is 9.02. The molecule has 3 aromatic carbocycles. The lowest BCUT2D eigenvalue weighted by atomic mass is 10.2. The average Bonchev–Trinajstić information content (AvgIpc) is 2.76. The van der Waals surface area contributed by atoms with Crippen molar-refractivity contribution in [1.29, 1.82) is 0 Å². The van der Waals surface area contributed by atoms with E-state index in [1.54, 1.807) is 23.9 Å². The summed E-state index contributed by atoms with van der Waals surface area (Å²) in [5.41, 5.74) is 2.42. The predicted octanol–water partition coefficient (Wildman–Crippen LogP) is 6.57. The molecular formula is C23H18ClN2O2P. The number of hydrogen-bond acceptors (Lipinski definition) is 3. The summed E-state index contributed by atoms with van der Waals surface area (Å²) in [4.78, 5) is 0. The van der Waals surface area contributed by atoms with E-state index in [-0.39, 0.29) is 0 Å². The SMILES string of the molecule is O=P1(NN=Cc2ccccc2Cl)C=C(c2ccccc2)OC(c2ccccc2)=C1. The van der Waals surface area contributed by atoms with Crippen LogP contribution < -0.4 is 5.20 Å². The fourth-order valence-corrected chi connectivity index (χ4v) is 4.57. The highest BCUT2D eigenvalue weighted by Crippen LogP contribution is 2.53. The first-order chi connectivity index (χ1) is 14.1. The van der Waals surface area contributed by atoms with Gasteiger partial charge in [-0.25, -0.2) is 0 Å². The highest BCUT2D eigenvalue weighted by molar-refractivity contribution is 7.68. The third-order valence-electron chi connectivity index (χ3n) is 4.28. The third-order valence-corrected chi connectivity index (χ3v) is 6.29. The smallest absolute Gasteiger partial charge is 0.235 e. The Hall–Kier alpha value is -3.07. The summed E-state index contributed by atoms with van der Waals surface area (Å²) in [6.45, 7) is 0. The summed E-state index contributed by atoms with van der Waals surface area (Å²) in [6.07, 6.45) is 1.56. The van der Waals surface area contributed by atoms with Crippen LogP contribution in [-0.4, -0.2) is 6.21 Å². The molecule has 1 aliphatic rings. The van der Waals surface area contributed by atoms with Gasteiger partial charge in [-0.2, -0.15) is 5.10 Å². The highest BCUT2D eigenvalue weighted by Gasteiger charge is 2.26. The van der Waals surface area contributed by atoms with Crippen molar-refractivity contribution >= 4 is 36.6 Å². The normalized spacial score (nSPS) is 15.3. The number of halogens is 1. The quantitative estimate of drug-likeness (QED) is 0.288. The van der Waals surface area contributed by atoms with Crippen LogP contribution in [0.1, 0.15) is 16.7 Å². The van der Waals surface area contributed by atoms with Gasteiger partial charge in [0.2, 0.25) is 7.29 Å². The molecule has 1 N–H and O–H groups in total. The minimum Gasteiger partial charge on any atom is -0.456 e. The summed E-state index contributed by atoms with van der Waals surface area (Å²) in [5.74, 6) is 4.24. The number of benzene rings is 3. The van der Waals surface area contributed by atoms with Gasteiger partial charge in [-0.05, 0) is 6.07 Å². The molecule has 0 atom stereocenters. The molecule has 0 saturated carbocycles. The molecule has 0 aliphatic carbocycles. The average molecular weight is 421 g/mol. The summed E-state index contributed by atoms with van der Waals surface area (Å²) in [7, 11) is -3.15. The van der Waals surface area contributed by atoms with Gasteiger partial charge in [0.05, 0.1) is 6.21 Å². The van der Waals surface area contributed by atoms with Crippen LogP contribution in [0.5, 0.6) is 0 Å². The predicted molar refractivity (Wildman–Crippen MR) is 120 cm³/mol. The Bertz CT molecular complexity index is 1080. The third kappa shape index (κ3) is 4.68. The summed E-state index contributed by atoms with van der Waals surface area (Å²) in [6, 6.07) is 26.5. The first kappa shape index (κ1) is 19.3. The minimum atomic E-state index is -3.15. The molecule has 6 heteroatoms. The second-order valence-corrected chi connectivity index (χ2v) is 8.95. The van der Waals surface area contributed by atoms with E-state index < -0.39 is 7.29 Å². The van der Waals surface area contributed by atoms with Crippen molar-refractivity contribution < 1.29 is 9.30 Å². The second kappa shape index (κ2) is 8.52. The summed E-state index contributed by atoms with van der Waals surface area (Å²) >= 11 is 6.15. The van der Waals surface area contributed by atoms with Gasteiger partial charge in [-0.15, -0.1) is 0 Å². The summed E-state index contributed by atoms with van der Waals surface area (Å²) < 4.78 is 19.7. The van der Waals surface area contributed by atoms with Gasteiger partial charge in [-0.3, -0.25) is 9.76 Å². The van der Waals surface area contributed by atoms with Crippen molar-refractivity contribution in [3.63, 3.8) is 0 Å². The Morgan fingerprint density at radius 1 is 0.793 bits per heavy atom. The Labute approximate surface area is 174 Å². The topological polar surface area (TPSA) is 50.7 Å². The number of nitrogens with one attached hydrogen (secondary N) is 1. The van der Waals surface area contributed by atoms with Crippen LogP contribution in [0.25, 0.3) is 11.5 Å². The standard InChI is InChI=1S/C23H18ClN2O2P/c24-21-14-8-7-13-20(21)15-25-26-29(27)16-22(18-9-3-1-4-10-18)28-23(17-29)19-11-5-2-6-12-19/h1-17H,(H,26,27). The van der Waals surface area contributed by atoms with Crippen molar-refractivity contribution in [1.82, 2.24) is 5.20 Å². The van der Waals surface area contributed by atoms with Crippen molar-refractivity contribution in [3.8, 4) is 0 Å². The van der Waals surface area contributed by atoms with E-state index in [2.05, 4.69) is 10.3 Å². The molecule has 0 fully saturated rings. The zero-order valence-electron chi connectivity index (χ0n) is 15.4. The number of hydrazone groups is 1. The lowest BCUT2D eigenvalue weighted by Crippen LogP contribution is -2.06. The molecule has 4 nitrogen and oxygen atoms in total. The van der Waals surface area contributed by atoms with Crippen LogP contribution in [-0.2, 0) is 9.30 Å². The maximum atomic E-state index is 13.6. The van der Waals surface area contributed by atoms with E-state index in [0.717, 1.165) is 16.7 Å². The van der Waals surface area contributed by atoms with Crippen LogP contribution in [0.2, 0.25) is 5.02 Å². The molecular weight excluding hydrogens is 403 g/mol. The minimum absolute atomic E-state index is 0.524. The zero-order chi connectivity index (χ0) is 20.1. The molecule has 1 aliphatic heterocycles. The summed E-state index contributed by atoms with van der Waals surface area (Å²) in [5, 5.41) is 7.57.